The minimum Gasteiger partial charge on any atom is -0.396 e. The lowest BCUT2D eigenvalue weighted by atomic mass is 10.1. The van der Waals surface area contributed by atoms with E-state index in [0.717, 1.165) is 31.1 Å². The molecule has 21 heavy (non-hydrogen) atoms. The fraction of sp³-hybridized carbons (Fsp3) is 0.692. The number of aliphatic hydroxyl groups is 1. The van der Waals surface area contributed by atoms with Crippen LogP contribution in [0, 0.1) is 5.92 Å². The molecule has 7 nitrogen and oxygen atoms in total. The minimum absolute atomic E-state index is 0.0164. The van der Waals surface area contributed by atoms with E-state index >= 15 is 0 Å². The number of piperidine rings is 1. The molecule has 0 radical (unpaired) electrons. The summed E-state index contributed by atoms with van der Waals surface area (Å²) in [6.45, 7) is 3.95. The second-order valence-electron chi connectivity index (χ2n) is 5.56. The van der Waals surface area contributed by atoms with Crippen LogP contribution in [0.15, 0.2) is 0 Å². The number of nitrogens with one attached hydrogen (secondary N) is 1. The lowest BCUT2D eigenvalue weighted by molar-refractivity contribution is 0.0947. The second kappa shape index (κ2) is 7.06. The molecular weight excluding hydrogens is 290 g/mol. The zero-order chi connectivity index (χ0) is 15.4. The molecule has 118 valence electrons. The van der Waals surface area contributed by atoms with Crippen LogP contribution in [0.4, 0.5) is 10.9 Å². The molecule has 6 N–H and O–H groups in total. The van der Waals surface area contributed by atoms with Crippen molar-refractivity contribution in [2.45, 2.75) is 25.8 Å². The van der Waals surface area contributed by atoms with Gasteiger partial charge in [0.1, 0.15) is 10.7 Å². The first kappa shape index (κ1) is 16.0. The van der Waals surface area contributed by atoms with Gasteiger partial charge in [-0.25, -0.2) is 4.98 Å². The Bertz CT molecular complexity index is 493. The SMILES string of the molecule is CC(CO)CNC(=O)c1sc(N2CCCC(N)C2)nc1N. The molecule has 2 rings (SSSR count). The molecule has 2 atom stereocenters. The third kappa shape index (κ3) is 4.05. The molecule has 1 aliphatic rings. The van der Waals surface area contributed by atoms with Gasteiger partial charge in [-0.1, -0.05) is 18.3 Å². The number of aliphatic hydroxyl groups excluding tert-OH is 1. The predicted octanol–water partition coefficient (Wildman–Crippen LogP) is 0.0110. The Morgan fingerprint density at radius 1 is 1.67 bits per heavy atom. The molecule has 0 aromatic carbocycles. The highest BCUT2D eigenvalue weighted by molar-refractivity contribution is 7.18. The van der Waals surface area contributed by atoms with Crippen molar-refractivity contribution in [3.8, 4) is 0 Å². The standard InChI is InChI=1S/C13H23N5O2S/c1-8(7-19)5-16-12(20)10-11(15)17-13(21-10)18-4-2-3-9(14)6-18/h8-9,19H,2-7,14-15H2,1H3,(H,16,20). The summed E-state index contributed by atoms with van der Waals surface area (Å²) in [5.41, 5.74) is 11.8. The summed E-state index contributed by atoms with van der Waals surface area (Å²) in [6.07, 6.45) is 2.04. The van der Waals surface area contributed by atoms with Crippen molar-refractivity contribution >= 4 is 28.2 Å². The van der Waals surface area contributed by atoms with Crippen LogP contribution in [0.25, 0.3) is 0 Å². The molecule has 1 aliphatic heterocycles. The number of carbonyl (C=O) groups excluding carboxylic acids is 1. The maximum Gasteiger partial charge on any atom is 0.265 e. The topological polar surface area (TPSA) is 118 Å². The van der Waals surface area contributed by atoms with E-state index in [2.05, 4.69) is 15.2 Å². The number of nitrogens with two attached hydrogens (primary N) is 2. The fourth-order valence-electron chi connectivity index (χ4n) is 2.21. The van der Waals surface area contributed by atoms with Crippen molar-refractivity contribution in [3.05, 3.63) is 4.88 Å². The molecule has 1 aromatic heterocycles. The van der Waals surface area contributed by atoms with Crippen LogP contribution in [0.5, 0.6) is 0 Å². The summed E-state index contributed by atoms with van der Waals surface area (Å²) < 4.78 is 0. The van der Waals surface area contributed by atoms with Gasteiger partial charge in [0.2, 0.25) is 0 Å². The van der Waals surface area contributed by atoms with Crippen LogP contribution < -0.4 is 21.7 Å². The first-order valence-corrected chi connectivity index (χ1v) is 7.98. The van der Waals surface area contributed by atoms with Gasteiger partial charge in [0, 0.05) is 32.3 Å². The monoisotopic (exact) mass is 313 g/mol. The highest BCUT2D eigenvalue weighted by atomic mass is 32.1. The Labute approximate surface area is 128 Å². The number of carbonyl (C=O) groups is 1. The van der Waals surface area contributed by atoms with Crippen LogP contribution in [-0.2, 0) is 0 Å². The second-order valence-corrected chi connectivity index (χ2v) is 6.53. The van der Waals surface area contributed by atoms with Gasteiger partial charge in [0.05, 0.1) is 0 Å². The van der Waals surface area contributed by atoms with E-state index in [-0.39, 0.29) is 30.3 Å². The van der Waals surface area contributed by atoms with Crippen molar-refractivity contribution < 1.29 is 9.90 Å². The number of rotatable bonds is 5. The van der Waals surface area contributed by atoms with E-state index in [0.29, 0.717) is 11.4 Å². The Hall–Kier alpha value is -1.38. The molecule has 1 amide bonds. The molecule has 2 heterocycles. The molecule has 1 fully saturated rings. The number of nitrogen functional groups attached to an aromatic ring is 1. The number of hydrogen-bond acceptors (Lipinski definition) is 7. The lowest BCUT2D eigenvalue weighted by Gasteiger charge is -2.30. The van der Waals surface area contributed by atoms with Crippen molar-refractivity contribution in [2.24, 2.45) is 11.7 Å². The summed E-state index contributed by atoms with van der Waals surface area (Å²) in [5.74, 6) is 0.0313. The molecule has 0 bridgehead atoms. The number of nitrogens with zero attached hydrogens (tertiary/aromatic N) is 2. The van der Waals surface area contributed by atoms with E-state index in [1.807, 2.05) is 6.92 Å². The predicted molar refractivity (Wildman–Crippen MR) is 84.5 cm³/mol. The zero-order valence-corrected chi connectivity index (χ0v) is 13.0. The number of thiazole rings is 1. The summed E-state index contributed by atoms with van der Waals surface area (Å²) >= 11 is 1.30. The van der Waals surface area contributed by atoms with Gasteiger partial charge >= 0.3 is 0 Å². The molecule has 1 saturated heterocycles. The Balaban J connectivity index is 2.02. The van der Waals surface area contributed by atoms with E-state index in [1.165, 1.54) is 11.3 Å². The molecule has 1 aromatic rings. The van der Waals surface area contributed by atoms with Crippen molar-refractivity contribution in [3.63, 3.8) is 0 Å². The van der Waals surface area contributed by atoms with Gasteiger partial charge in [-0.2, -0.15) is 0 Å². The number of hydrogen-bond donors (Lipinski definition) is 4. The van der Waals surface area contributed by atoms with Crippen LogP contribution in [0.2, 0.25) is 0 Å². The first-order chi connectivity index (χ1) is 10.0. The molecular formula is C13H23N5O2S. The van der Waals surface area contributed by atoms with Crippen LogP contribution >= 0.6 is 11.3 Å². The summed E-state index contributed by atoms with van der Waals surface area (Å²) in [4.78, 5) is 18.9. The largest absolute Gasteiger partial charge is 0.396 e. The highest BCUT2D eigenvalue weighted by Gasteiger charge is 2.23. The van der Waals surface area contributed by atoms with E-state index < -0.39 is 0 Å². The molecule has 2 unspecified atom stereocenters. The van der Waals surface area contributed by atoms with Crippen molar-refractivity contribution in [2.75, 3.05) is 36.9 Å². The maximum atomic E-state index is 12.1. The average molecular weight is 313 g/mol. The normalized spacial score (nSPS) is 20.3. The minimum atomic E-state index is -0.238. The molecule has 8 heteroatoms. The van der Waals surface area contributed by atoms with E-state index in [1.54, 1.807) is 0 Å². The van der Waals surface area contributed by atoms with Crippen molar-refractivity contribution in [1.29, 1.82) is 0 Å². The van der Waals surface area contributed by atoms with Gasteiger partial charge < -0.3 is 26.8 Å². The lowest BCUT2D eigenvalue weighted by Crippen LogP contribution is -2.42. The number of anilines is 2. The van der Waals surface area contributed by atoms with Crippen LogP contribution in [0.1, 0.15) is 29.4 Å². The molecule has 0 spiro atoms. The van der Waals surface area contributed by atoms with E-state index in [4.69, 9.17) is 16.6 Å². The van der Waals surface area contributed by atoms with Gasteiger partial charge in [-0.15, -0.1) is 0 Å². The number of amides is 1. The van der Waals surface area contributed by atoms with Crippen LogP contribution in [0.3, 0.4) is 0 Å². The van der Waals surface area contributed by atoms with E-state index in [9.17, 15) is 4.79 Å². The fourth-order valence-corrected chi connectivity index (χ4v) is 3.15. The van der Waals surface area contributed by atoms with Gasteiger partial charge in [-0.05, 0) is 18.8 Å². The third-order valence-corrected chi connectivity index (χ3v) is 4.63. The Kier molecular flexibility index (Phi) is 5.38. The van der Waals surface area contributed by atoms with Gasteiger partial charge in [0.25, 0.3) is 5.91 Å². The van der Waals surface area contributed by atoms with Crippen molar-refractivity contribution in [1.82, 2.24) is 10.3 Å². The molecule has 0 saturated carbocycles. The summed E-state index contributed by atoms with van der Waals surface area (Å²) in [7, 11) is 0. The summed E-state index contributed by atoms with van der Waals surface area (Å²) in [5, 5.41) is 12.5. The summed E-state index contributed by atoms with van der Waals surface area (Å²) in [6, 6.07) is 0.145. The quantitative estimate of drug-likeness (QED) is 0.608. The number of aromatic nitrogens is 1. The zero-order valence-electron chi connectivity index (χ0n) is 12.2. The molecule has 0 aliphatic carbocycles. The highest BCUT2D eigenvalue weighted by Crippen LogP contribution is 2.29. The smallest absolute Gasteiger partial charge is 0.265 e. The Morgan fingerprint density at radius 3 is 3.10 bits per heavy atom. The van der Waals surface area contributed by atoms with Gasteiger partial charge in [-0.3, -0.25) is 4.79 Å². The average Bonchev–Trinajstić information content (AvgIpc) is 2.86. The van der Waals surface area contributed by atoms with Gasteiger partial charge in [0.15, 0.2) is 5.13 Å². The third-order valence-electron chi connectivity index (χ3n) is 3.50. The maximum absolute atomic E-state index is 12.1. The Morgan fingerprint density at radius 2 is 2.43 bits per heavy atom. The first-order valence-electron chi connectivity index (χ1n) is 7.17. The van der Waals surface area contributed by atoms with Crippen LogP contribution in [-0.4, -0.2) is 48.3 Å².